The molecule has 0 saturated heterocycles. The van der Waals surface area contributed by atoms with E-state index in [1.165, 1.54) is 11.8 Å². The Morgan fingerprint density at radius 2 is 1.94 bits per heavy atom. The minimum atomic E-state index is -0.835. The average Bonchev–Trinajstić information content (AvgIpc) is 2.28. The molecule has 0 aliphatic carbocycles. The van der Waals surface area contributed by atoms with E-state index >= 15 is 0 Å². The molecular weight excluding hydrogens is 272 g/mol. The van der Waals surface area contributed by atoms with Gasteiger partial charge < -0.3 is 5.73 Å². The molecule has 4 nitrogen and oxygen atoms in total. The molecule has 0 bridgehead atoms. The first-order valence-corrected chi connectivity index (χ1v) is 6.74. The van der Waals surface area contributed by atoms with Gasteiger partial charge in [-0.25, -0.2) is 4.79 Å². The van der Waals surface area contributed by atoms with E-state index < -0.39 is 11.9 Å². The van der Waals surface area contributed by atoms with Crippen LogP contribution in [0.4, 0.5) is 4.79 Å². The van der Waals surface area contributed by atoms with Gasteiger partial charge in [-0.05, 0) is 25.5 Å². The lowest BCUT2D eigenvalue weighted by Gasteiger charge is -2.17. The van der Waals surface area contributed by atoms with Crippen LogP contribution in [0.2, 0.25) is 5.02 Å². The molecular formula is C12H15ClN2O2S. The highest BCUT2D eigenvalue weighted by molar-refractivity contribution is 8.00. The van der Waals surface area contributed by atoms with Gasteiger partial charge in [-0.1, -0.05) is 29.8 Å². The van der Waals surface area contributed by atoms with Crippen LogP contribution in [0.1, 0.15) is 24.7 Å². The lowest BCUT2D eigenvalue weighted by atomic mass is 10.2. The maximum absolute atomic E-state index is 11.5. The minimum absolute atomic E-state index is 0.0485. The van der Waals surface area contributed by atoms with Gasteiger partial charge in [-0.15, -0.1) is 11.8 Å². The van der Waals surface area contributed by atoms with E-state index in [2.05, 4.69) is 5.32 Å². The summed E-state index contributed by atoms with van der Waals surface area (Å²) < 4.78 is 0. The van der Waals surface area contributed by atoms with Crippen molar-refractivity contribution in [1.82, 2.24) is 5.32 Å². The fourth-order valence-electron chi connectivity index (χ4n) is 1.47. The predicted molar refractivity (Wildman–Crippen MR) is 74.6 cm³/mol. The Labute approximate surface area is 115 Å². The van der Waals surface area contributed by atoms with Crippen LogP contribution in [0.15, 0.2) is 24.3 Å². The van der Waals surface area contributed by atoms with Crippen molar-refractivity contribution in [2.45, 2.75) is 24.3 Å². The van der Waals surface area contributed by atoms with Crippen LogP contribution >= 0.6 is 23.4 Å². The molecule has 2 atom stereocenters. The van der Waals surface area contributed by atoms with Gasteiger partial charge in [0, 0.05) is 10.3 Å². The van der Waals surface area contributed by atoms with Crippen LogP contribution in [0.5, 0.6) is 0 Å². The summed E-state index contributed by atoms with van der Waals surface area (Å²) in [7, 11) is 0. The van der Waals surface area contributed by atoms with Crippen LogP contribution in [0.25, 0.3) is 0 Å². The third-order valence-electron chi connectivity index (χ3n) is 2.37. The zero-order chi connectivity index (χ0) is 13.7. The fraction of sp³-hybridized carbons (Fsp3) is 0.333. The van der Waals surface area contributed by atoms with E-state index in [0.29, 0.717) is 5.02 Å². The normalized spacial score (nSPS) is 13.7. The maximum Gasteiger partial charge on any atom is 0.318 e. The van der Waals surface area contributed by atoms with Gasteiger partial charge in [0.25, 0.3) is 0 Å². The number of primary amides is 1. The van der Waals surface area contributed by atoms with Crippen LogP contribution in [0.3, 0.4) is 0 Å². The summed E-state index contributed by atoms with van der Waals surface area (Å²) in [5.74, 6) is -0.397. The molecule has 3 N–H and O–H groups in total. The number of urea groups is 1. The second kappa shape index (κ2) is 6.66. The van der Waals surface area contributed by atoms with E-state index in [4.69, 9.17) is 17.3 Å². The Balaban J connectivity index is 2.65. The topological polar surface area (TPSA) is 72.2 Å². The third-order valence-corrected chi connectivity index (χ3v) is 4.00. The number of hydrogen-bond donors (Lipinski definition) is 2. The third kappa shape index (κ3) is 4.23. The first kappa shape index (κ1) is 14.9. The summed E-state index contributed by atoms with van der Waals surface area (Å²) in [6, 6.07) is 6.64. The van der Waals surface area contributed by atoms with Crippen molar-refractivity contribution in [3.63, 3.8) is 0 Å². The lowest BCUT2D eigenvalue weighted by molar-refractivity contribution is -0.119. The highest BCUT2D eigenvalue weighted by Gasteiger charge is 2.20. The molecule has 3 amide bonds. The second-order valence-corrected chi connectivity index (χ2v) is 5.89. The van der Waals surface area contributed by atoms with E-state index in [1.54, 1.807) is 6.92 Å². The van der Waals surface area contributed by atoms with E-state index in [1.807, 2.05) is 31.2 Å². The number of imide groups is 1. The van der Waals surface area contributed by atoms with Crippen molar-refractivity contribution in [3.05, 3.63) is 34.9 Å². The molecule has 0 spiro atoms. The summed E-state index contributed by atoms with van der Waals surface area (Å²) in [6.07, 6.45) is 0. The molecule has 0 fully saturated rings. The van der Waals surface area contributed by atoms with Crippen molar-refractivity contribution >= 4 is 35.3 Å². The highest BCUT2D eigenvalue weighted by Crippen LogP contribution is 2.35. The number of halogens is 1. The Morgan fingerprint density at radius 1 is 1.33 bits per heavy atom. The smallest absolute Gasteiger partial charge is 0.318 e. The van der Waals surface area contributed by atoms with Crippen molar-refractivity contribution in [1.29, 1.82) is 0 Å². The first-order chi connectivity index (χ1) is 8.41. The number of nitrogens with two attached hydrogens (primary N) is 1. The molecule has 1 rings (SSSR count). The van der Waals surface area contributed by atoms with Gasteiger partial charge in [-0.3, -0.25) is 10.1 Å². The molecule has 0 aliphatic heterocycles. The van der Waals surface area contributed by atoms with Gasteiger partial charge in [0.15, 0.2) is 0 Å². The first-order valence-electron chi connectivity index (χ1n) is 5.42. The number of thioether (sulfide) groups is 1. The van der Waals surface area contributed by atoms with E-state index in [-0.39, 0.29) is 10.5 Å². The van der Waals surface area contributed by atoms with Gasteiger partial charge >= 0.3 is 6.03 Å². The Kier molecular flexibility index (Phi) is 5.50. The average molecular weight is 287 g/mol. The molecule has 6 heteroatoms. The maximum atomic E-state index is 11.5. The predicted octanol–water partition coefficient (Wildman–Crippen LogP) is 2.72. The zero-order valence-electron chi connectivity index (χ0n) is 10.1. The van der Waals surface area contributed by atoms with Gasteiger partial charge in [0.05, 0.1) is 5.25 Å². The van der Waals surface area contributed by atoms with Gasteiger partial charge in [-0.2, -0.15) is 0 Å². The molecule has 0 saturated carbocycles. The summed E-state index contributed by atoms with van der Waals surface area (Å²) >= 11 is 7.49. The number of carbonyl (C=O) groups excluding carboxylic acids is 2. The van der Waals surface area contributed by atoms with Crippen molar-refractivity contribution < 1.29 is 9.59 Å². The largest absolute Gasteiger partial charge is 0.351 e. The van der Waals surface area contributed by atoms with Crippen LogP contribution < -0.4 is 11.1 Å². The van der Waals surface area contributed by atoms with Crippen LogP contribution in [-0.4, -0.2) is 17.2 Å². The lowest BCUT2D eigenvalue weighted by Crippen LogP contribution is -2.39. The molecule has 18 heavy (non-hydrogen) atoms. The quantitative estimate of drug-likeness (QED) is 0.894. The van der Waals surface area contributed by atoms with E-state index in [9.17, 15) is 9.59 Å². The van der Waals surface area contributed by atoms with Gasteiger partial charge in [0.1, 0.15) is 0 Å². The molecule has 1 aromatic rings. The van der Waals surface area contributed by atoms with Crippen LogP contribution in [-0.2, 0) is 4.79 Å². The summed E-state index contributed by atoms with van der Waals surface area (Å²) in [5, 5.41) is 2.39. The fourth-order valence-corrected chi connectivity index (χ4v) is 2.98. The molecule has 98 valence electrons. The SMILES string of the molecule is C[C@H](S[C@H](C)c1ccccc1Cl)C(=O)NC(N)=O. The number of rotatable bonds is 4. The molecule has 0 aromatic heterocycles. The highest BCUT2D eigenvalue weighted by atomic mass is 35.5. The van der Waals surface area contributed by atoms with Crippen molar-refractivity contribution in [3.8, 4) is 0 Å². The zero-order valence-corrected chi connectivity index (χ0v) is 11.7. The molecule has 0 unspecified atom stereocenters. The minimum Gasteiger partial charge on any atom is -0.351 e. The monoisotopic (exact) mass is 286 g/mol. The molecule has 0 heterocycles. The Morgan fingerprint density at radius 3 is 2.50 bits per heavy atom. The summed E-state index contributed by atoms with van der Waals surface area (Å²) in [6.45, 7) is 3.68. The number of nitrogens with one attached hydrogen (secondary N) is 1. The Hall–Kier alpha value is -1.20. The summed E-state index contributed by atoms with van der Waals surface area (Å²) in [5.41, 5.74) is 5.86. The van der Waals surface area contributed by atoms with Crippen molar-refractivity contribution in [2.75, 3.05) is 0 Å². The number of amides is 3. The molecule has 0 aliphatic rings. The standard InChI is InChI=1S/C12H15ClN2O2S/c1-7(9-5-3-4-6-10(9)13)18-8(2)11(16)15-12(14)17/h3-8H,1-2H3,(H3,14,15,16,17)/t7-,8+/m1/s1. The number of hydrogen-bond acceptors (Lipinski definition) is 3. The van der Waals surface area contributed by atoms with Gasteiger partial charge in [0.2, 0.25) is 5.91 Å². The Bertz CT molecular complexity index is 453. The van der Waals surface area contributed by atoms with Crippen molar-refractivity contribution in [2.24, 2.45) is 5.73 Å². The summed E-state index contributed by atoms with van der Waals surface area (Å²) in [4.78, 5) is 22.1. The van der Waals surface area contributed by atoms with E-state index in [0.717, 1.165) is 5.56 Å². The second-order valence-electron chi connectivity index (χ2n) is 3.80. The number of benzene rings is 1. The van der Waals surface area contributed by atoms with Crippen LogP contribution in [0, 0.1) is 0 Å². The molecule has 1 aromatic carbocycles. The number of carbonyl (C=O) groups is 2. The molecule has 0 radical (unpaired) electrons.